The summed E-state index contributed by atoms with van der Waals surface area (Å²) in [5, 5.41) is 0.631. The van der Waals surface area contributed by atoms with E-state index in [-0.39, 0.29) is 11.6 Å². The Kier molecular flexibility index (Phi) is 4.76. The van der Waals surface area contributed by atoms with E-state index in [0.29, 0.717) is 11.2 Å². The van der Waals surface area contributed by atoms with Crippen LogP contribution in [0.4, 0.5) is 0 Å². The lowest BCUT2D eigenvalue weighted by Gasteiger charge is -2.24. The first-order valence-electron chi connectivity index (χ1n) is 8.35. The minimum absolute atomic E-state index is 0.0214. The lowest BCUT2D eigenvalue weighted by molar-refractivity contribution is 0.244. The van der Waals surface area contributed by atoms with E-state index in [1.165, 1.54) is 11.1 Å². The van der Waals surface area contributed by atoms with E-state index in [4.69, 9.17) is 0 Å². The van der Waals surface area contributed by atoms with Crippen molar-refractivity contribution in [1.82, 2.24) is 14.9 Å². The highest BCUT2D eigenvalue weighted by Gasteiger charge is 2.15. The van der Waals surface area contributed by atoms with Crippen LogP contribution < -0.4 is 5.56 Å². The molecule has 1 atom stereocenters. The summed E-state index contributed by atoms with van der Waals surface area (Å²) in [5.74, 6) is 0.700. The number of aromatic nitrogens is 2. The number of rotatable bonds is 5. The summed E-state index contributed by atoms with van der Waals surface area (Å²) < 4.78 is 0. The highest BCUT2D eigenvalue weighted by Crippen LogP contribution is 2.18. The Labute approximate surface area is 142 Å². The quantitative estimate of drug-likeness (QED) is 0.780. The SMILES string of the molecule is CCc1ccc(CN(C)C(C)c2nc3ccccc3c(=O)[nH]2)cc1. The average Bonchev–Trinajstić information content (AvgIpc) is 2.61. The molecule has 3 rings (SSSR count). The van der Waals surface area contributed by atoms with E-state index in [2.05, 4.69) is 53.0 Å². The van der Waals surface area contributed by atoms with Gasteiger partial charge >= 0.3 is 0 Å². The number of nitrogens with one attached hydrogen (secondary N) is 1. The molecule has 0 saturated heterocycles. The summed E-state index contributed by atoms with van der Waals surface area (Å²) in [6, 6.07) is 16.1. The molecule has 1 N–H and O–H groups in total. The Hall–Kier alpha value is -2.46. The van der Waals surface area contributed by atoms with Crippen molar-refractivity contribution in [2.24, 2.45) is 0 Å². The van der Waals surface area contributed by atoms with Crippen molar-refractivity contribution in [3.63, 3.8) is 0 Å². The second-order valence-corrected chi connectivity index (χ2v) is 6.23. The van der Waals surface area contributed by atoms with Crippen LogP contribution in [0.15, 0.2) is 53.3 Å². The van der Waals surface area contributed by atoms with Gasteiger partial charge in [0, 0.05) is 6.54 Å². The van der Waals surface area contributed by atoms with E-state index in [9.17, 15) is 4.79 Å². The average molecular weight is 321 g/mol. The summed E-state index contributed by atoms with van der Waals surface area (Å²) in [5.41, 5.74) is 3.26. The van der Waals surface area contributed by atoms with E-state index >= 15 is 0 Å². The fourth-order valence-corrected chi connectivity index (χ4v) is 2.82. The second-order valence-electron chi connectivity index (χ2n) is 6.23. The lowest BCUT2D eigenvalue weighted by Crippen LogP contribution is -2.26. The van der Waals surface area contributed by atoms with E-state index < -0.39 is 0 Å². The van der Waals surface area contributed by atoms with Crippen molar-refractivity contribution < 1.29 is 0 Å². The van der Waals surface area contributed by atoms with Crippen molar-refractivity contribution in [2.75, 3.05) is 7.05 Å². The number of nitrogens with zero attached hydrogens (tertiary/aromatic N) is 2. The normalized spacial score (nSPS) is 12.7. The molecule has 0 aliphatic heterocycles. The lowest BCUT2D eigenvalue weighted by atomic mass is 10.1. The zero-order chi connectivity index (χ0) is 17.1. The van der Waals surface area contributed by atoms with Gasteiger partial charge in [-0.2, -0.15) is 0 Å². The number of para-hydroxylation sites is 1. The molecule has 1 aromatic heterocycles. The molecule has 0 bridgehead atoms. The topological polar surface area (TPSA) is 49.0 Å². The molecular weight excluding hydrogens is 298 g/mol. The van der Waals surface area contributed by atoms with Crippen molar-refractivity contribution in [1.29, 1.82) is 0 Å². The largest absolute Gasteiger partial charge is 0.309 e. The molecule has 0 amide bonds. The van der Waals surface area contributed by atoms with Crippen LogP contribution in [0.3, 0.4) is 0 Å². The molecule has 4 heteroatoms. The molecule has 0 spiro atoms. The van der Waals surface area contributed by atoms with Crippen molar-refractivity contribution in [2.45, 2.75) is 32.9 Å². The van der Waals surface area contributed by atoms with Crippen LogP contribution in [0.5, 0.6) is 0 Å². The highest BCUT2D eigenvalue weighted by molar-refractivity contribution is 5.77. The highest BCUT2D eigenvalue weighted by atomic mass is 16.1. The number of aromatic amines is 1. The first kappa shape index (κ1) is 16.4. The Morgan fingerprint density at radius 2 is 1.75 bits per heavy atom. The summed E-state index contributed by atoms with van der Waals surface area (Å²) in [6.07, 6.45) is 1.05. The van der Waals surface area contributed by atoms with Crippen molar-refractivity contribution in [3.8, 4) is 0 Å². The van der Waals surface area contributed by atoms with Gasteiger partial charge in [-0.05, 0) is 43.7 Å². The van der Waals surface area contributed by atoms with Crippen molar-refractivity contribution in [3.05, 3.63) is 75.8 Å². The number of hydrogen-bond donors (Lipinski definition) is 1. The first-order chi connectivity index (χ1) is 11.6. The molecular formula is C20H23N3O. The van der Waals surface area contributed by atoms with Gasteiger partial charge in [-0.3, -0.25) is 9.69 Å². The first-order valence-corrected chi connectivity index (χ1v) is 8.35. The Bertz CT molecular complexity index is 883. The molecule has 0 radical (unpaired) electrons. The number of benzene rings is 2. The van der Waals surface area contributed by atoms with Gasteiger partial charge in [-0.1, -0.05) is 43.3 Å². The third kappa shape index (κ3) is 3.39. The second kappa shape index (κ2) is 6.97. The zero-order valence-electron chi connectivity index (χ0n) is 14.4. The number of H-pyrrole nitrogens is 1. The molecule has 0 aliphatic rings. The van der Waals surface area contributed by atoms with Crippen LogP contribution >= 0.6 is 0 Å². The van der Waals surface area contributed by atoms with Crippen LogP contribution in [-0.2, 0) is 13.0 Å². The van der Waals surface area contributed by atoms with Gasteiger partial charge in [0.15, 0.2) is 0 Å². The van der Waals surface area contributed by atoms with Crippen LogP contribution in [-0.4, -0.2) is 21.9 Å². The van der Waals surface area contributed by atoms with Gasteiger partial charge in [0.25, 0.3) is 5.56 Å². The number of hydrogen-bond acceptors (Lipinski definition) is 3. The molecule has 0 fully saturated rings. The van der Waals surface area contributed by atoms with E-state index in [0.717, 1.165) is 18.5 Å². The molecule has 3 aromatic rings. The number of fused-ring (bicyclic) bond motifs is 1. The third-order valence-corrected chi connectivity index (χ3v) is 4.55. The molecule has 24 heavy (non-hydrogen) atoms. The third-order valence-electron chi connectivity index (χ3n) is 4.55. The van der Waals surface area contributed by atoms with Gasteiger partial charge < -0.3 is 4.98 Å². The van der Waals surface area contributed by atoms with Gasteiger partial charge in [0.1, 0.15) is 5.82 Å². The Morgan fingerprint density at radius 1 is 1.08 bits per heavy atom. The minimum Gasteiger partial charge on any atom is -0.309 e. The summed E-state index contributed by atoms with van der Waals surface area (Å²) in [7, 11) is 2.05. The maximum absolute atomic E-state index is 12.2. The molecule has 4 nitrogen and oxygen atoms in total. The van der Waals surface area contributed by atoms with Crippen molar-refractivity contribution >= 4 is 10.9 Å². The minimum atomic E-state index is -0.0804. The fraction of sp³-hybridized carbons (Fsp3) is 0.300. The molecule has 1 unspecified atom stereocenters. The predicted molar refractivity (Wildman–Crippen MR) is 98.1 cm³/mol. The summed E-state index contributed by atoms with van der Waals surface area (Å²) >= 11 is 0. The molecule has 0 saturated carbocycles. The fourth-order valence-electron chi connectivity index (χ4n) is 2.82. The summed E-state index contributed by atoms with van der Waals surface area (Å²) in [6.45, 7) is 5.03. The summed E-state index contributed by atoms with van der Waals surface area (Å²) in [4.78, 5) is 22.0. The van der Waals surface area contributed by atoms with Crippen LogP contribution in [0.25, 0.3) is 10.9 Å². The number of aryl methyl sites for hydroxylation is 1. The Morgan fingerprint density at radius 3 is 2.46 bits per heavy atom. The molecule has 2 aromatic carbocycles. The van der Waals surface area contributed by atoms with Gasteiger partial charge in [-0.25, -0.2) is 4.98 Å². The van der Waals surface area contributed by atoms with Gasteiger partial charge in [-0.15, -0.1) is 0 Å². The maximum atomic E-state index is 12.2. The van der Waals surface area contributed by atoms with E-state index in [1.54, 1.807) is 6.07 Å². The van der Waals surface area contributed by atoms with Gasteiger partial charge in [0.2, 0.25) is 0 Å². The predicted octanol–water partition coefficient (Wildman–Crippen LogP) is 3.68. The maximum Gasteiger partial charge on any atom is 0.258 e. The van der Waals surface area contributed by atoms with Crippen LogP contribution in [0, 0.1) is 0 Å². The Balaban J connectivity index is 1.82. The van der Waals surface area contributed by atoms with E-state index in [1.807, 2.05) is 25.2 Å². The van der Waals surface area contributed by atoms with Gasteiger partial charge in [0.05, 0.1) is 16.9 Å². The molecule has 0 aliphatic carbocycles. The monoisotopic (exact) mass is 321 g/mol. The molecule has 1 heterocycles. The van der Waals surface area contributed by atoms with Crippen LogP contribution in [0.1, 0.15) is 36.8 Å². The smallest absolute Gasteiger partial charge is 0.258 e. The van der Waals surface area contributed by atoms with Crippen LogP contribution in [0.2, 0.25) is 0 Å². The molecule has 124 valence electrons. The standard InChI is InChI=1S/C20H23N3O/c1-4-15-9-11-16(12-10-15)13-23(3)14(2)19-21-18-8-6-5-7-17(18)20(24)22-19/h5-12,14H,4,13H2,1-3H3,(H,21,22,24). The zero-order valence-corrected chi connectivity index (χ0v) is 14.4.